The van der Waals surface area contributed by atoms with Crippen molar-refractivity contribution in [2.24, 2.45) is 5.92 Å². The van der Waals surface area contributed by atoms with Crippen LogP contribution in [-0.2, 0) is 10.0 Å². The van der Waals surface area contributed by atoms with Gasteiger partial charge in [-0.05, 0) is 75.6 Å². The molecule has 0 radical (unpaired) electrons. The fraction of sp³-hybridized carbons (Fsp3) is 0.435. The maximum Gasteiger partial charge on any atom is 0.262 e. The number of carbonyl (C=O) groups is 1. The summed E-state index contributed by atoms with van der Waals surface area (Å²) in [4.78, 5) is 15.0. The Bertz CT molecular complexity index is 1070. The Hall–Kier alpha value is -2.78. The highest BCUT2D eigenvalue weighted by molar-refractivity contribution is 7.92. The van der Waals surface area contributed by atoms with E-state index in [4.69, 9.17) is 9.47 Å². The van der Waals surface area contributed by atoms with Gasteiger partial charge in [-0.15, -0.1) is 0 Å². The number of amides is 1. The number of piperidine rings is 1. The van der Waals surface area contributed by atoms with E-state index in [1.165, 1.54) is 12.1 Å². The Labute approximate surface area is 189 Å². The zero-order valence-corrected chi connectivity index (χ0v) is 19.0. The molecule has 2 aliphatic heterocycles. The van der Waals surface area contributed by atoms with E-state index in [2.05, 4.69) is 22.0 Å². The number of anilines is 1. The number of nitrogens with one attached hydrogen (secondary N) is 2. The van der Waals surface area contributed by atoms with Crippen LogP contribution < -0.4 is 19.5 Å². The first kappa shape index (κ1) is 22.4. The molecule has 0 aliphatic carbocycles. The average molecular weight is 460 g/mol. The van der Waals surface area contributed by atoms with Crippen LogP contribution in [0.25, 0.3) is 0 Å². The van der Waals surface area contributed by atoms with E-state index in [1.54, 1.807) is 30.3 Å². The van der Waals surface area contributed by atoms with E-state index in [0.29, 0.717) is 48.4 Å². The van der Waals surface area contributed by atoms with Crippen molar-refractivity contribution in [2.45, 2.75) is 24.2 Å². The van der Waals surface area contributed by atoms with Crippen LogP contribution in [0, 0.1) is 5.92 Å². The predicted molar refractivity (Wildman–Crippen MR) is 122 cm³/mol. The largest absolute Gasteiger partial charge is 0.486 e. The number of benzene rings is 2. The van der Waals surface area contributed by atoms with Crippen LogP contribution in [0.5, 0.6) is 11.5 Å². The molecule has 172 valence electrons. The molecule has 2 aliphatic rings. The number of carbonyl (C=O) groups excluding carboxylic acids is 1. The summed E-state index contributed by atoms with van der Waals surface area (Å²) in [5.41, 5.74) is 0.735. The Kier molecular flexibility index (Phi) is 6.86. The van der Waals surface area contributed by atoms with Gasteiger partial charge in [0, 0.05) is 23.9 Å². The summed E-state index contributed by atoms with van der Waals surface area (Å²) >= 11 is 0. The standard InChI is InChI=1S/C23H29N3O5S/c1-26-11-8-17(9-12-26)7-10-24-23(27)18-3-2-4-19(15-18)25-32(28,29)20-5-6-21-22(16-20)31-14-13-30-21/h2-6,15-17,25H,7-14H2,1H3,(H,24,27). The molecule has 1 saturated heterocycles. The first-order valence-electron chi connectivity index (χ1n) is 10.9. The lowest BCUT2D eigenvalue weighted by Crippen LogP contribution is -2.32. The monoisotopic (exact) mass is 459 g/mol. The van der Waals surface area contributed by atoms with Crippen molar-refractivity contribution >= 4 is 21.6 Å². The molecule has 0 bridgehead atoms. The third-order valence-electron chi connectivity index (χ3n) is 5.88. The summed E-state index contributed by atoms with van der Waals surface area (Å²) < 4.78 is 39.1. The Morgan fingerprint density at radius 3 is 2.59 bits per heavy atom. The predicted octanol–water partition coefficient (Wildman–Crippen LogP) is 2.72. The van der Waals surface area contributed by atoms with Gasteiger partial charge in [0.15, 0.2) is 11.5 Å². The van der Waals surface area contributed by atoms with Gasteiger partial charge in [0.1, 0.15) is 13.2 Å². The summed E-state index contributed by atoms with van der Waals surface area (Å²) in [6.45, 7) is 3.62. The highest BCUT2D eigenvalue weighted by Gasteiger charge is 2.20. The number of rotatable bonds is 7. The van der Waals surface area contributed by atoms with Gasteiger partial charge in [0.25, 0.3) is 15.9 Å². The lowest BCUT2D eigenvalue weighted by Gasteiger charge is -2.28. The van der Waals surface area contributed by atoms with Gasteiger partial charge >= 0.3 is 0 Å². The van der Waals surface area contributed by atoms with Crippen molar-refractivity contribution in [2.75, 3.05) is 44.6 Å². The van der Waals surface area contributed by atoms with Gasteiger partial charge in [0.05, 0.1) is 4.90 Å². The summed E-state index contributed by atoms with van der Waals surface area (Å²) in [5, 5.41) is 2.95. The fourth-order valence-electron chi connectivity index (χ4n) is 3.97. The van der Waals surface area contributed by atoms with Crippen molar-refractivity contribution < 1.29 is 22.7 Å². The Morgan fingerprint density at radius 1 is 1.06 bits per heavy atom. The molecule has 0 unspecified atom stereocenters. The molecule has 1 amide bonds. The SMILES string of the molecule is CN1CCC(CCNC(=O)c2cccc(NS(=O)(=O)c3ccc4c(c3)OCCO4)c2)CC1. The van der Waals surface area contributed by atoms with Gasteiger partial charge in [-0.25, -0.2) is 8.42 Å². The van der Waals surface area contributed by atoms with Crippen molar-refractivity contribution in [3.8, 4) is 11.5 Å². The number of nitrogens with zero attached hydrogens (tertiary/aromatic N) is 1. The van der Waals surface area contributed by atoms with Crippen molar-refractivity contribution in [1.82, 2.24) is 10.2 Å². The topological polar surface area (TPSA) is 97.0 Å². The lowest BCUT2D eigenvalue weighted by atomic mass is 9.94. The molecule has 0 atom stereocenters. The lowest BCUT2D eigenvalue weighted by molar-refractivity contribution is 0.0949. The highest BCUT2D eigenvalue weighted by Crippen LogP contribution is 2.32. The fourth-order valence-corrected chi connectivity index (χ4v) is 5.04. The molecule has 0 spiro atoms. The van der Waals surface area contributed by atoms with Crippen molar-refractivity contribution in [3.63, 3.8) is 0 Å². The number of hydrogen-bond acceptors (Lipinski definition) is 6. The zero-order chi connectivity index (χ0) is 22.6. The number of ether oxygens (including phenoxy) is 2. The van der Waals surface area contributed by atoms with Crippen LogP contribution in [0.15, 0.2) is 47.4 Å². The first-order chi connectivity index (χ1) is 15.4. The second-order valence-corrected chi connectivity index (χ2v) is 9.97. The van der Waals surface area contributed by atoms with Gasteiger partial charge in [-0.1, -0.05) is 6.07 Å². The van der Waals surface area contributed by atoms with E-state index in [1.807, 2.05) is 0 Å². The van der Waals surface area contributed by atoms with Gasteiger partial charge in [-0.3, -0.25) is 9.52 Å². The van der Waals surface area contributed by atoms with Crippen LogP contribution in [0.1, 0.15) is 29.6 Å². The third kappa shape index (κ3) is 5.52. The Morgan fingerprint density at radius 2 is 1.81 bits per heavy atom. The molecule has 0 saturated carbocycles. The highest BCUT2D eigenvalue weighted by atomic mass is 32.2. The molecule has 9 heteroatoms. The Balaban J connectivity index is 1.36. The molecule has 2 N–H and O–H groups in total. The summed E-state index contributed by atoms with van der Waals surface area (Å²) in [6.07, 6.45) is 3.27. The minimum absolute atomic E-state index is 0.0646. The van der Waals surface area contributed by atoms with E-state index >= 15 is 0 Å². The van der Waals surface area contributed by atoms with E-state index in [-0.39, 0.29) is 10.8 Å². The zero-order valence-electron chi connectivity index (χ0n) is 18.2. The molecule has 0 aromatic heterocycles. The molecule has 2 aromatic carbocycles. The molecule has 8 nitrogen and oxygen atoms in total. The van der Waals surface area contributed by atoms with Crippen molar-refractivity contribution in [1.29, 1.82) is 0 Å². The number of hydrogen-bond donors (Lipinski definition) is 2. The van der Waals surface area contributed by atoms with E-state index in [9.17, 15) is 13.2 Å². The quantitative estimate of drug-likeness (QED) is 0.661. The molecular formula is C23H29N3O5S. The smallest absolute Gasteiger partial charge is 0.262 e. The van der Waals surface area contributed by atoms with Crippen LogP contribution in [0.4, 0.5) is 5.69 Å². The summed E-state index contributed by atoms with van der Waals surface area (Å²) in [6, 6.07) is 11.0. The summed E-state index contributed by atoms with van der Waals surface area (Å²) in [7, 11) is -1.71. The normalized spacial score (nSPS) is 17.0. The van der Waals surface area contributed by atoms with E-state index < -0.39 is 10.0 Å². The second-order valence-electron chi connectivity index (χ2n) is 8.28. The van der Waals surface area contributed by atoms with E-state index in [0.717, 1.165) is 32.4 Å². The molecule has 32 heavy (non-hydrogen) atoms. The molecular weight excluding hydrogens is 430 g/mol. The number of sulfonamides is 1. The van der Waals surface area contributed by atoms with Gasteiger partial charge in [-0.2, -0.15) is 0 Å². The number of fused-ring (bicyclic) bond motifs is 1. The van der Waals surface area contributed by atoms with Crippen molar-refractivity contribution in [3.05, 3.63) is 48.0 Å². The minimum Gasteiger partial charge on any atom is -0.486 e. The third-order valence-corrected chi connectivity index (χ3v) is 7.26. The van der Waals surface area contributed by atoms with Gasteiger partial charge < -0.3 is 19.7 Å². The van der Waals surface area contributed by atoms with Crippen LogP contribution in [-0.4, -0.2) is 59.1 Å². The minimum atomic E-state index is -3.85. The van der Waals surface area contributed by atoms with Crippen LogP contribution >= 0.6 is 0 Å². The summed E-state index contributed by atoms with van der Waals surface area (Å²) in [5.74, 6) is 1.35. The number of likely N-dealkylation sites (tertiary alicyclic amines) is 1. The second kappa shape index (κ2) is 9.79. The maximum absolute atomic E-state index is 12.8. The van der Waals surface area contributed by atoms with Gasteiger partial charge in [0.2, 0.25) is 0 Å². The molecule has 1 fully saturated rings. The van der Waals surface area contributed by atoms with Crippen LogP contribution in [0.3, 0.4) is 0 Å². The molecule has 2 aromatic rings. The molecule has 4 rings (SSSR count). The molecule has 2 heterocycles. The van der Waals surface area contributed by atoms with Crippen LogP contribution in [0.2, 0.25) is 0 Å². The first-order valence-corrected chi connectivity index (χ1v) is 12.4. The maximum atomic E-state index is 12.8. The average Bonchev–Trinajstić information content (AvgIpc) is 2.80.